The largest absolute Gasteiger partial charge is 0.439 e. The third-order valence-corrected chi connectivity index (χ3v) is 3.53. The van der Waals surface area contributed by atoms with Crippen LogP contribution in [0.25, 0.3) is 0 Å². The molecule has 0 unspecified atom stereocenters. The van der Waals surface area contributed by atoms with Gasteiger partial charge >= 0.3 is 0 Å². The molecule has 0 aliphatic heterocycles. The average Bonchev–Trinajstić information content (AvgIpc) is 2.74. The number of aryl methyl sites for hydroxylation is 1. The number of rotatable bonds is 4. The first-order valence-corrected chi connectivity index (χ1v) is 7.28. The molecule has 0 spiro atoms. The van der Waals surface area contributed by atoms with Gasteiger partial charge in [0.05, 0.1) is 10.6 Å². The standard InChI is InChI=1S/C15H19FN2OS/c1-10-9-19-14(18-10)20-13-6-5-11(7-12(13)16)8-17-15(2,3)4/h5-7,9,17H,8H2,1-4H3. The topological polar surface area (TPSA) is 38.1 Å². The monoisotopic (exact) mass is 294 g/mol. The quantitative estimate of drug-likeness (QED) is 0.919. The molecule has 1 aromatic heterocycles. The van der Waals surface area contributed by atoms with E-state index in [2.05, 4.69) is 31.1 Å². The van der Waals surface area contributed by atoms with Crippen molar-refractivity contribution in [3.05, 3.63) is 41.5 Å². The second-order valence-electron chi connectivity index (χ2n) is 5.73. The molecule has 2 aromatic rings. The molecule has 1 aromatic carbocycles. The number of oxazole rings is 1. The zero-order chi connectivity index (χ0) is 14.8. The third kappa shape index (κ3) is 4.35. The number of halogens is 1. The lowest BCUT2D eigenvalue weighted by atomic mass is 10.1. The van der Waals surface area contributed by atoms with Gasteiger partial charge in [-0.05, 0) is 57.2 Å². The lowest BCUT2D eigenvalue weighted by Gasteiger charge is -2.20. The van der Waals surface area contributed by atoms with Gasteiger partial charge in [-0.2, -0.15) is 0 Å². The van der Waals surface area contributed by atoms with Crippen LogP contribution in [0.4, 0.5) is 4.39 Å². The maximum atomic E-state index is 14.0. The lowest BCUT2D eigenvalue weighted by Crippen LogP contribution is -2.35. The Kier molecular flexibility index (Phi) is 4.50. The van der Waals surface area contributed by atoms with Crippen molar-refractivity contribution >= 4 is 11.8 Å². The normalized spacial score (nSPS) is 11.8. The van der Waals surface area contributed by atoms with Crippen LogP contribution in [0.2, 0.25) is 0 Å². The molecule has 1 N–H and O–H groups in total. The van der Waals surface area contributed by atoms with Gasteiger partial charge in [-0.1, -0.05) is 6.07 Å². The van der Waals surface area contributed by atoms with E-state index in [9.17, 15) is 4.39 Å². The van der Waals surface area contributed by atoms with Gasteiger partial charge in [0.15, 0.2) is 0 Å². The van der Waals surface area contributed by atoms with Gasteiger partial charge in [-0.25, -0.2) is 9.37 Å². The zero-order valence-electron chi connectivity index (χ0n) is 12.2. The van der Waals surface area contributed by atoms with E-state index < -0.39 is 0 Å². The van der Waals surface area contributed by atoms with Crippen LogP contribution < -0.4 is 5.32 Å². The minimum atomic E-state index is -0.251. The summed E-state index contributed by atoms with van der Waals surface area (Å²) in [4.78, 5) is 4.68. The van der Waals surface area contributed by atoms with Crippen LogP contribution in [-0.2, 0) is 6.54 Å². The van der Waals surface area contributed by atoms with E-state index in [4.69, 9.17) is 4.42 Å². The summed E-state index contributed by atoms with van der Waals surface area (Å²) < 4.78 is 19.3. The Balaban J connectivity index is 2.06. The van der Waals surface area contributed by atoms with Gasteiger partial charge in [-0.3, -0.25) is 0 Å². The van der Waals surface area contributed by atoms with E-state index in [-0.39, 0.29) is 11.4 Å². The summed E-state index contributed by atoms with van der Waals surface area (Å²) in [5, 5.41) is 3.79. The highest BCUT2D eigenvalue weighted by molar-refractivity contribution is 7.99. The van der Waals surface area contributed by atoms with Gasteiger partial charge in [0.2, 0.25) is 0 Å². The number of hydrogen-bond donors (Lipinski definition) is 1. The smallest absolute Gasteiger partial charge is 0.260 e. The summed E-state index contributed by atoms with van der Waals surface area (Å²) >= 11 is 1.19. The molecule has 1 heterocycles. The van der Waals surface area contributed by atoms with Crippen molar-refractivity contribution in [2.45, 2.75) is 49.9 Å². The van der Waals surface area contributed by atoms with Crippen LogP contribution in [0.1, 0.15) is 32.0 Å². The predicted molar refractivity (Wildman–Crippen MR) is 78.4 cm³/mol. The fourth-order valence-electron chi connectivity index (χ4n) is 1.58. The molecule has 3 nitrogen and oxygen atoms in total. The fraction of sp³-hybridized carbons (Fsp3) is 0.400. The molecule has 0 aliphatic rings. The number of nitrogens with one attached hydrogen (secondary N) is 1. The van der Waals surface area contributed by atoms with Crippen molar-refractivity contribution in [3.63, 3.8) is 0 Å². The summed E-state index contributed by atoms with van der Waals surface area (Å²) in [7, 11) is 0. The van der Waals surface area contributed by atoms with Crippen LogP contribution >= 0.6 is 11.8 Å². The van der Waals surface area contributed by atoms with Crippen molar-refractivity contribution in [2.24, 2.45) is 0 Å². The molecule has 0 atom stereocenters. The summed E-state index contributed by atoms with van der Waals surface area (Å²) in [6, 6.07) is 5.23. The third-order valence-electron chi connectivity index (χ3n) is 2.61. The number of nitrogens with zero attached hydrogens (tertiary/aromatic N) is 1. The summed E-state index contributed by atoms with van der Waals surface area (Å²) in [5.74, 6) is -0.251. The lowest BCUT2D eigenvalue weighted by molar-refractivity contribution is 0.423. The Hall–Kier alpha value is -1.33. The van der Waals surface area contributed by atoms with Crippen LogP contribution in [0.5, 0.6) is 0 Å². The van der Waals surface area contributed by atoms with Crippen LogP contribution in [0.3, 0.4) is 0 Å². The van der Waals surface area contributed by atoms with Gasteiger partial charge in [0.1, 0.15) is 12.1 Å². The maximum absolute atomic E-state index is 14.0. The predicted octanol–water partition coefficient (Wildman–Crippen LogP) is 4.16. The van der Waals surface area contributed by atoms with E-state index in [1.54, 1.807) is 18.4 Å². The van der Waals surface area contributed by atoms with Crippen LogP contribution in [0.15, 0.2) is 39.0 Å². The summed E-state index contributed by atoms with van der Waals surface area (Å²) in [6.07, 6.45) is 1.56. The molecule has 0 amide bonds. The molecule has 5 heteroatoms. The van der Waals surface area contributed by atoms with Crippen molar-refractivity contribution in [3.8, 4) is 0 Å². The minimum Gasteiger partial charge on any atom is -0.439 e. The average molecular weight is 294 g/mol. The molecule has 0 saturated heterocycles. The van der Waals surface area contributed by atoms with Crippen molar-refractivity contribution < 1.29 is 8.81 Å². The summed E-state index contributed by atoms with van der Waals surface area (Å²) in [5.41, 5.74) is 1.73. The molecule has 108 valence electrons. The van der Waals surface area contributed by atoms with E-state index in [0.29, 0.717) is 16.7 Å². The highest BCUT2D eigenvalue weighted by Gasteiger charge is 2.11. The van der Waals surface area contributed by atoms with E-state index in [0.717, 1.165) is 11.3 Å². The molecule has 0 bridgehead atoms. The van der Waals surface area contributed by atoms with Gasteiger partial charge < -0.3 is 9.73 Å². The van der Waals surface area contributed by atoms with Crippen molar-refractivity contribution in [1.82, 2.24) is 10.3 Å². The molecule has 20 heavy (non-hydrogen) atoms. The number of aromatic nitrogens is 1. The second-order valence-corrected chi connectivity index (χ2v) is 6.72. The molecule has 0 saturated carbocycles. The Morgan fingerprint density at radius 1 is 1.35 bits per heavy atom. The molecule has 0 fully saturated rings. The Morgan fingerprint density at radius 3 is 2.65 bits per heavy atom. The van der Waals surface area contributed by atoms with Crippen LogP contribution in [0, 0.1) is 12.7 Å². The Morgan fingerprint density at radius 2 is 2.10 bits per heavy atom. The zero-order valence-corrected chi connectivity index (χ0v) is 13.0. The van der Waals surface area contributed by atoms with Crippen molar-refractivity contribution in [2.75, 3.05) is 0 Å². The molecule has 2 rings (SSSR count). The first-order valence-electron chi connectivity index (χ1n) is 6.47. The van der Waals surface area contributed by atoms with Crippen LogP contribution in [-0.4, -0.2) is 10.5 Å². The molecular weight excluding hydrogens is 275 g/mol. The number of benzene rings is 1. The highest BCUT2D eigenvalue weighted by Crippen LogP contribution is 2.29. The van der Waals surface area contributed by atoms with Crippen molar-refractivity contribution in [1.29, 1.82) is 0 Å². The SMILES string of the molecule is Cc1coc(Sc2ccc(CNC(C)(C)C)cc2F)n1. The maximum Gasteiger partial charge on any atom is 0.260 e. The minimum absolute atomic E-state index is 0.0134. The van der Waals surface area contributed by atoms with E-state index in [1.807, 2.05) is 13.0 Å². The molecule has 0 radical (unpaired) electrons. The molecule has 0 aliphatic carbocycles. The first-order chi connectivity index (χ1) is 9.33. The summed E-state index contributed by atoms with van der Waals surface area (Å²) in [6.45, 7) is 8.73. The van der Waals surface area contributed by atoms with Gasteiger partial charge in [0.25, 0.3) is 5.22 Å². The van der Waals surface area contributed by atoms with E-state index in [1.165, 1.54) is 11.8 Å². The first kappa shape index (κ1) is 15.1. The Bertz CT molecular complexity index is 590. The van der Waals surface area contributed by atoms with Gasteiger partial charge in [-0.15, -0.1) is 0 Å². The highest BCUT2D eigenvalue weighted by atomic mass is 32.2. The Labute approximate surface area is 123 Å². The molecular formula is C15H19FN2OS. The second kappa shape index (κ2) is 5.97. The van der Waals surface area contributed by atoms with Gasteiger partial charge in [0, 0.05) is 12.1 Å². The fourth-order valence-corrected chi connectivity index (χ4v) is 2.34. The van der Waals surface area contributed by atoms with E-state index >= 15 is 0 Å². The number of hydrogen-bond acceptors (Lipinski definition) is 4.